The number of hydrogen-bond acceptors (Lipinski definition) is 6. The van der Waals surface area contributed by atoms with E-state index in [1.54, 1.807) is 24.3 Å². The zero-order valence-electron chi connectivity index (χ0n) is 22.6. The lowest BCUT2D eigenvalue weighted by Gasteiger charge is -2.35. The van der Waals surface area contributed by atoms with Gasteiger partial charge in [-0.05, 0) is 36.0 Å². The van der Waals surface area contributed by atoms with Crippen LogP contribution >= 0.6 is 15.9 Å². The number of hydrogen-bond donors (Lipinski definition) is 1. The molecule has 0 spiro atoms. The molecule has 0 radical (unpaired) electrons. The van der Waals surface area contributed by atoms with Crippen LogP contribution in [0.2, 0.25) is 0 Å². The summed E-state index contributed by atoms with van der Waals surface area (Å²) in [4.78, 5) is 31.9. The predicted octanol–water partition coefficient (Wildman–Crippen LogP) is 5.63. The highest BCUT2D eigenvalue weighted by atomic mass is 79.9. The Bertz CT molecular complexity index is 1250. The van der Waals surface area contributed by atoms with Crippen molar-refractivity contribution in [1.82, 2.24) is 9.88 Å². The molecule has 218 valence electrons. The fourth-order valence-electron chi connectivity index (χ4n) is 5.69. The Morgan fingerprint density at radius 2 is 1.93 bits per heavy atom. The number of aromatic nitrogens is 1. The third-order valence-electron chi connectivity index (χ3n) is 7.42. The lowest BCUT2D eigenvalue weighted by molar-refractivity contribution is -0.156. The fourth-order valence-corrected chi connectivity index (χ4v) is 6.21. The van der Waals surface area contributed by atoms with Crippen molar-refractivity contribution in [1.29, 1.82) is 0 Å². The van der Waals surface area contributed by atoms with Crippen molar-refractivity contribution in [2.75, 3.05) is 13.7 Å². The summed E-state index contributed by atoms with van der Waals surface area (Å²) in [6.07, 6.45) is -4.52. The molecule has 3 heterocycles. The third kappa shape index (κ3) is 5.99. The number of carboxylic acids is 1. The first-order valence-corrected chi connectivity index (χ1v) is 13.7. The van der Waals surface area contributed by atoms with Gasteiger partial charge < -0.3 is 24.2 Å². The van der Waals surface area contributed by atoms with E-state index in [1.165, 1.54) is 12.0 Å². The van der Waals surface area contributed by atoms with Crippen molar-refractivity contribution in [3.05, 3.63) is 57.7 Å². The summed E-state index contributed by atoms with van der Waals surface area (Å²) in [5.74, 6) is -2.44. The molecule has 0 aliphatic carbocycles. The summed E-state index contributed by atoms with van der Waals surface area (Å²) in [7, 11) is 1.29. The van der Waals surface area contributed by atoms with Gasteiger partial charge in [0.15, 0.2) is 0 Å². The highest BCUT2D eigenvalue weighted by Gasteiger charge is 2.60. The summed E-state index contributed by atoms with van der Waals surface area (Å²) >= 11 is 3.54. The first kappa shape index (κ1) is 30.3. The van der Waals surface area contributed by atoms with Crippen LogP contribution in [0.15, 0.2) is 41.0 Å². The third-order valence-corrected chi connectivity index (χ3v) is 8.14. The lowest BCUT2D eigenvalue weighted by Crippen LogP contribution is -2.50. The maximum Gasteiger partial charge on any atom is 0.417 e. The summed E-state index contributed by atoms with van der Waals surface area (Å²) < 4.78 is 58.3. The van der Waals surface area contributed by atoms with E-state index in [0.717, 1.165) is 6.07 Å². The number of methoxy groups -OCH3 is 1. The van der Waals surface area contributed by atoms with Crippen molar-refractivity contribution < 1.29 is 42.1 Å². The minimum absolute atomic E-state index is 0.0437. The lowest BCUT2D eigenvalue weighted by atomic mass is 9.73. The van der Waals surface area contributed by atoms with Crippen LogP contribution in [0, 0.1) is 11.3 Å². The van der Waals surface area contributed by atoms with Gasteiger partial charge in [-0.2, -0.15) is 13.2 Å². The molecule has 2 saturated heterocycles. The van der Waals surface area contributed by atoms with Crippen molar-refractivity contribution in [2.24, 2.45) is 11.3 Å². The molecular formula is C28H32BrF3N2O6. The standard InChI is InChI=1S/C28H32BrF3N2O6/c1-27(2,3)20-22(26(36)37)34(25(35)19-10-7-11-39-19)21(17-8-5-6-9-18(17)29)23(20)40-14-15-12-16(28(30,31)32)13-33-24(15)38-4/h5-6,8-9,12-13,19-23H,7,10-11,14H2,1-4H3,(H,36,37)/t19-,20+,21-,22-,23+/m0/s1. The molecule has 2 fully saturated rings. The van der Waals surface area contributed by atoms with E-state index in [2.05, 4.69) is 20.9 Å². The Balaban J connectivity index is 1.84. The van der Waals surface area contributed by atoms with Gasteiger partial charge >= 0.3 is 12.1 Å². The second-order valence-corrected chi connectivity index (χ2v) is 11.9. The topological polar surface area (TPSA) is 98.2 Å². The Morgan fingerprint density at radius 3 is 2.48 bits per heavy atom. The zero-order valence-corrected chi connectivity index (χ0v) is 24.2. The first-order chi connectivity index (χ1) is 18.8. The van der Waals surface area contributed by atoms with Crippen LogP contribution in [-0.2, 0) is 31.8 Å². The van der Waals surface area contributed by atoms with E-state index >= 15 is 0 Å². The van der Waals surface area contributed by atoms with E-state index in [-0.39, 0.29) is 18.1 Å². The van der Waals surface area contributed by atoms with Gasteiger partial charge in [-0.15, -0.1) is 0 Å². The zero-order chi connectivity index (χ0) is 29.4. The molecule has 1 aromatic heterocycles. The van der Waals surface area contributed by atoms with E-state index in [1.807, 2.05) is 20.8 Å². The maximum atomic E-state index is 13.9. The number of ether oxygens (including phenoxy) is 3. The van der Waals surface area contributed by atoms with Crippen molar-refractivity contribution in [2.45, 2.75) is 70.7 Å². The van der Waals surface area contributed by atoms with E-state index < -0.39 is 59.2 Å². The number of alkyl halides is 3. The molecule has 0 saturated carbocycles. The number of likely N-dealkylation sites (tertiary alicyclic amines) is 1. The maximum absolute atomic E-state index is 13.9. The number of carbonyl (C=O) groups is 2. The predicted molar refractivity (Wildman–Crippen MR) is 141 cm³/mol. The molecule has 2 aliphatic rings. The molecule has 12 heteroatoms. The number of pyridine rings is 1. The van der Waals surface area contributed by atoms with Gasteiger partial charge in [0, 0.05) is 28.8 Å². The smallest absolute Gasteiger partial charge is 0.417 e. The summed E-state index contributed by atoms with van der Waals surface area (Å²) in [6, 6.07) is 5.87. The van der Waals surface area contributed by atoms with Gasteiger partial charge in [-0.3, -0.25) is 4.79 Å². The Labute approximate surface area is 238 Å². The van der Waals surface area contributed by atoms with Crippen molar-refractivity contribution in [3.8, 4) is 5.88 Å². The van der Waals surface area contributed by atoms with E-state index in [4.69, 9.17) is 14.2 Å². The average molecular weight is 629 g/mol. The monoisotopic (exact) mass is 628 g/mol. The summed E-state index contributed by atoms with van der Waals surface area (Å²) in [5.41, 5.74) is -0.987. The highest BCUT2D eigenvalue weighted by molar-refractivity contribution is 9.10. The number of halogens is 4. The largest absolute Gasteiger partial charge is 0.481 e. The summed E-state index contributed by atoms with van der Waals surface area (Å²) in [5, 5.41) is 10.5. The number of amides is 1. The molecule has 8 nitrogen and oxygen atoms in total. The molecule has 1 N–H and O–H groups in total. The van der Waals surface area contributed by atoms with Gasteiger partial charge in [0.25, 0.3) is 5.91 Å². The van der Waals surface area contributed by atoms with E-state index in [9.17, 15) is 27.9 Å². The second kappa shape index (κ2) is 11.7. The molecule has 2 aliphatic heterocycles. The first-order valence-electron chi connectivity index (χ1n) is 12.9. The number of rotatable bonds is 7. The van der Waals surface area contributed by atoms with Gasteiger partial charge in [-0.25, -0.2) is 9.78 Å². The van der Waals surface area contributed by atoms with Crippen LogP contribution in [0.1, 0.15) is 56.3 Å². The molecule has 4 rings (SSSR count). The van der Waals surface area contributed by atoms with Crippen LogP contribution in [0.4, 0.5) is 13.2 Å². The molecule has 40 heavy (non-hydrogen) atoms. The van der Waals surface area contributed by atoms with Crippen LogP contribution in [0.25, 0.3) is 0 Å². The van der Waals surface area contributed by atoms with Crippen molar-refractivity contribution >= 4 is 27.8 Å². The Hall–Kier alpha value is -2.70. The quantitative estimate of drug-likeness (QED) is 0.424. The average Bonchev–Trinajstić information content (AvgIpc) is 3.53. The van der Waals surface area contributed by atoms with Crippen LogP contribution in [0.5, 0.6) is 5.88 Å². The van der Waals surface area contributed by atoms with E-state index in [0.29, 0.717) is 35.7 Å². The highest BCUT2D eigenvalue weighted by Crippen LogP contribution is 2.51. The van der Waals surface area contributed by atoms with Gasteiger partial charge in [0.2, 0.25) is 5.88 Å². The number of carbonyl (C=O) groups excluding carboxylic acids is 1. The molecule has 2 aromatic rings. The molecular weight excluding hydrogens is 597 g/mol. The van der Waals surface area contributed by atoms with Gasteiger partial charge in [-0.1, -0.05) is 54.9 Å². The number of nitrogens with zero attached hydrogens (tertiary/aromatic N) is 2. The molecule has 0 unspecified atom stereocenters. The number of aliphatic carboxylic acids is 1. The fraction of sp³-hybridized carbons (Fsp3) is 0.536. The van der Waals surface area contributed by atoms with Crippen LogP contribution in [-0.4, -0.2) is 58.8 Å². The van der Waals surface area contributed by atoms with Gasteiger partial charge in [0.05, 0.1) is 31.4 Å². The number of benzene rings is 1. The SMILES string of the molecule is COc1ncc(C(F)(F)F)cc1CO[C@@H]1[C@H](C(C)(C)C)[C@@H](C(=O)O)N(C(=O)[C@@H]2CCCO2)[C@H]1c1ccccc1Br. The molecule has 1 amide bonds. The normalized spacial score (nSPS) is 25.3. The molecule has 1 aromatic carbocycles. The Kier molecular flexibility index (Phi) is 8.82. The number of carboxylic acid groups (broad SMARTS) is 1. The van der Waals surface area contributed by atoms with Crippen molar-refractivity contribution in [3.63, 3.8) is 0 Å². The molecule has 0 bridgehead atoms. The second-order valence-electron chi connectivity index (χ2n) is 11.1. The minimum Gasteiger partial charge on any atom is -0.481 e. The van der Waals surface area contributed by atoms with Crippen LogP contribution < -0.4 is 4.74 Å². The van der Waals surface area contributed by atoms with Crippen LogP contribution in [0.3, 0.4) is 0 Å². The van der Waals surface area contributed by atoms with Gasteiger partial charge in [0.1, 0.15) is 12.1 Å². The Morgan fingerprint density at radius 1 is 1.23 bits per heavy atom. The summed E-state index contributed by atoms with van der Waals surface area (Å²) in [6.45, 7) is 5.60. The molecule has 5 atom stereocenters. The minimum atomic E-state index is -4.63.